The van der Waals surface area contributed by atoms with Crippen molar-refractivity contribution in [2.75, 3.05) is 0 Å². The van der Waals surface area contributed by atoms with Gasteiger partial charge in [-0.2, -0.15) is 5.10 Å². The topological polar surface area (TPSA) is 38.0 Å². The Bertz CT molecular complexity index is 439. The summed E-state index contributed by atoms with van der Waals surface area (Å²) in [7, 11) is 0. The Kier molecular flexibility index (Phi) is 3.20. The molecule has 2 fully saturated rings. The Hall–Kier alpha value is -0.830. The fourth-order valence-corrected chi connectivity index (χ4v) is 3.31. The molecule has 0 saturated heterocycles. The van der Waals surface area contributed by atoms with Crippen LogP contribution in [0.2, 0.25) is 0 Å². The molecule has 3 heteroatoms. The van der Waals surface area contributed by atoms with Crippen molar-refractivity contribution in [1.82, 2.24) is 9.78 Å². The van der Waals surface area contributed by atoms with Gasteiger partial charge in [-0.1, -0.05) is 26.2 Å². The van der Waals surface area contributed by atoms with Crippen LogP contribution in [0.4, 0.5) is 0 Å². The Morgan fingerprint density at radius 1 is 1.37 bits per heavy atom. The zero-order valence-electron chi connectivity index (χ0n) is 12.2. The lowest BCUT2D eigenvalue weighted by Gasteiger charge is -2.29. The summed E-state index contributed by atoms with van der Waals surface area (Å²) in [5, 5.41) is 15.4. The van der Waals surface area contributed by atoms with Crippen LogP contribution in [0, 0.1) is 5.41 Å². The van der Waals surface area contributed by atoms with Crippen LogP contribution in [0.5, 0.6) is 0 Å². The zero-order chi connectivity index (χ0) is 13.5. The van der Waals surface area contributed by atoms with E-state index in [1.807, 2.05) is 6.92 Å². The number of hydrogen-bond acceptors (Lipinski definition) is 2. The fraction of sp³-hybridized carbons (Fsp3) is 0.812. The predicted molar refractivity (Wildman–Crippen MR) is 76.0 cm³/mol. The van der Waals surface area contributed by atoms with E-state index >= 15 is 0 Å². The minimum atomic E-state index is -0.612. The van der Waals surface area contributed by atoms with E-state index in [0.717, 1.165) is 18.5 Å². The van der Waals surface area contributed by atoms with Gasteiger partial charge in [-0.25, -0.2) is 0 Å². The molecule has 0 bridgehead atoms. The van der Waals surface area contributed by atoms with Crippen molar-refractivity contribution in [3.8, 4) is 0 Å². The summed E-state index contributed by atoms with van der Waals surface area (Å²) < 4.78 is 2.14. The maximum absolute atomic E-state index is 10.6. The summed E-state index contributed by atoms with van der Waals surface area (Å²) >= 11 is 0. The Balaban J connectivity index is 1.67. The summed E-state index contributed by atoms with van der Waals surface area (Å²) in [5.41, 5.74) is 0.545. The highest BCUT2D eigenvalue weighted by Crippen LogP contribution is 2.54. The quantitative estimate of drug-likeness (QED) is 0.902. The fourth-order valence-electron chi connectivity index (χ4n) is 3.31. The lowest BCUT2D eigenvalue weighted by Crippen LogP contribution is -2.37. The molecule has 0 amide bonds. The zero-order valence-corrected chi connectivity index (χ0v) is 12.2. The standard InChI is InChI=1S/C16H26N2O/c1-15(9-10-15)16(2,19)12-13-8-11-18(17-13)14-6-4-3-5-7-14/h8,11,14,19H,3-7,9-10,12H2,1-2H3. The van der Waals surface area contributed by atoms with Crippen LogP contribution in [0.1, 0.15) is 70.5 Å². The van der Waals surface area contributed by atoms with Gasteiger partial charge in [0, 0.05) is 12.6 Å². The van der Waals surface area contributed by atoms with Gasteiger partial charge in [-0.05, 0) is 44.1 Å². The van der Waals surface area contributed by atoms with Crippen LogP contribution in [0.3, 0.4) is 0 Å². The second kappa shape index (κ2) is 4.62. The number of nitrogens with zero attached hydrogens (tertiary/aromatic N) is 2. The normalized spacial score (nSPS) is 26.1. The molecular weight excluding hydrogens is 236 g/mol. The van der Waals surface area contributed by atoms with Crippen molar-refractivity contribution in [2.45, 2.75) is 76.9 Å². The number of rotatable bonds is 4. The molecule has 106 valence electrons. The molecule has 1 atom stereocenters. The second-order valence-corrected chi connectivity index (χ2v) is 7.09. The third kappa shape index (κ3) is 2.58. The van der Waals surface area contributed by atoms with Gasteiger partial charge in [-0.3, -0.25) is 4.68 Å². The molecule has 3 rings (SSSR count). The molecule has 1 aromatic heterocycles. The molecule has 2 saturated carbocycles. The molecule has 3 nitrogen and oxygen atoms in total. The van der Waals surface area contributed by atoms with E-state index in [1.54, 1.807) is 0 Å². The van der Waals surface area contributed by atoms with Crippen molar-refractivity contribution < 1.29 is 5.11 Å². The van der Waals surface area contributed by atoms with Gasteiger partial charge in [0.2, 0.25) is 0 Å². The van der Waals surface area contributed by atoms with Crippen LogP contribution < -0.4 is 0 Å². The first-order chi connectivity index (χ1) is 9.00. The lowest BCUT2D eigenvalue weighted by molar-refractivity contribution is -0.00799. The molecule has 0 radical (unpaired) electrons. The van der Waals surface area contributed by atoms with Gasteiger partial charge in [-0.15, -0.1) is 0 Å². The van der Waals surface area contributed by atoms with Crippen LogP contribution in [-0.4, -0.2) is 20.5 Å². The van der Waals surface area contributed by atoms with Crippen molar-refractivity contribution in [2.24, 2.45) is 5.41 Å². The van der Waals surface area contributed by atoms with Crippen LogP contribution in [-0.2, 0) is 6.42 Å². The molecule has 1 N–H and O–H groups in total. The van der Waals surface area contributed by atoms with Crippen molar-refractivity contribution >= 4 is 0 Å². The molecule has 1 unspecified atom stereocenters. The van der Waals surface area contributed by atoms with E-state index in [4.69, 9.17) is 5.10 Å². The van der Waals surface area contributed by atoms with Gasteiger partial charge < -0.3 is 5.11 Å². The Morgan fingerprint density at radius 3 is 2.68 bits per heavy atom. The van der Waals surface area contributed by atoms with E-state index in [9.17, 15) is 5.11 Å². The average molecular weight is 262 g/mol. The van der Waals surface area contributed by atoms with E-state index < -0.39 is 5.60 Å². The third-order valence-electron chi connectivity index (χ3n) is 5.44. The molecule has 0 aromatic carbocycles. The molecule has 19 heavy (non-hydrogen) atoms. The smallest absolute Gasteiger partial charge is 0.0728 e. The van der Waals surface area contributed by atoms with E-state index in [1.165, 1.54) is 32.1 Å². The molecule has 2 aliphatic carbocycles. The predicted octanol–water partition coefficient (Wildman–Crippen LogP) is 3.48. The highest BCUT2D eigenvalue weighted by molar-refractivity contribution is 5.11. The number of hydrogen-bond donors (Lipinski definition) is 1. The largest absolute Gasteiger partial charge is 0.389 e. The molecule has 0 aliphatic heterocycles. The maximum Gasteiger partial charge on any atom is 0.0728 e. The summed E-state index contributed by atoms with van der Waals surface area (Å²) in [4.78, 5) is 0. The Labute approximate surface area is 116 Å². The van der Waals surface area contributed by atoms with Gasteiger partial charge in [0.25, 0.3) is 0 Å². The molecule has 1 heterocycles. The molecule has 1 aromatic rings. The molecule has 2 aliphatic rings. The second-order valence-electron chi connectivity index (χ2n) is 7.09. The highest BCUT2D eigenvalue weighted by Gasteiger charge is 2.52. The first-order valence-corrected chi connectivity index (χ1v) is 7.77. The minimum Gasteiger partial charge on any atom is -0.389 e. The van der Waals surface area contributed by atoms with Gasteiger partial charge in [0.1, 0.15) is 0 Å². The maximum atomic E-state index is 10.6. The van der Waals surface area contributed by atoms with E-state index in [-0.39, 0.29) is 5.41 Å². The van der Waals surface area contributed by atoms with Crippen molar-refractivity contribution in [1.29, 1.82) is 0 Å². The van der Waals surface area contributed by atoms with Crippen molar-refractivity contribution in [3.63, 3.8) is 0 Å². The summed E-state index contributed by atoms with van der Waals surface area (Å²) in [5.74, 6) is 0. The first kappa shape index (κ1) is 13.2. The average Bonchev–Trinajstić information content (AvgIpc) is 3.00. The minimum absolute atomic E-state index is 0.113. The van der Waals surface area contributed by atoms with Crippen LogP contribution in [0.25, 0.3) is 0 Å². The van der Waals surface area contributed by atoms with Crippen LogP contribution >= 0.6 is 0 Å². The van der Waals surface area contributed by atoms with Gasteiger partial charge >= 0.3 is 0 Å². The summed E-state index contributed by atoms with van der Waals surface area (Å²) in [6.45, 7) is 4.16. The number of aromatic nitrogens is 2. The van der Waals surface area contributed by atoms with Crippen LogP contribution in [0.15, 0.2) is 12.3 Å². The van der Waals surface area contributed by atoms with Crippen molar-refractivity contribution in [3.05, 3.63) is 18.0 Å². The lowest BCUT2D eigenvalue weighted by atomic mass is 9.84. The van der Waals surface area contributed by atoms with Gasteiger partial charge in [0.15, 0.2) is 0 Å². The van der Waals surface area contributed by atoms with E-state index in [2.05, 4.69) is 23.9 Å². The molecular formula is C16H26N2O. The Morgan fingerprint density at radius 2 is 2.05 bits per heavy atom. The number of aliphatic hydroxyl groups is 1. The third-order valence-corrected chi connectivity index (χ3v) is 5.44. The molecule has 0 spiro atoms. The monoisotopic (exact) mass is 262 g/mol. The summed E-state index contributed by atoms with van der Waals surface area (Å²) in [6, 6.07) is 2.68. The first-order valence-electron chi connectivity index (χ1n) is 7.77. The van der Waals surface area contributed by atoms with Gasteiger partial charge in [0.05, 0.1) is 17.3 Å². The summed E-state index contributed by atoms with van der Waals surface area (Å²) in [6.07, 6.45) is 11.6. The SMILES string of the molecule is CC(O)(Cc1ccn(C2CCCCC2)n1)C1(C)CC1. The van der Waals surface area contributed by atoms with E-state index in [0.29, 0.717) is 12.5 Å². The highest BCUT2D eigenvalue weighted by atomic mass is 16.3.